The van der Waals surface area contributed by atoms with Crippen molar-refractivity contribution in [2.24, 2.45) is 4.99 Å². The predicted octanol–water partition coefficient (Wildman–Crippen LogP) is 4.77. The molecule has 0 aromatic heterocycles. The maximum atomic E-state index is 6.15. The van der Waals surface area contributed by atoms with Gasteiger partial charge in [0.2, 0.25) is 0 Å². The number of nitrogens with one attached hydrogen (secondary N) is 2. The largest absolute Gasteiger partial charge is 0.371 e. The number of hydrogen-bond acceptors (Lipinski definition) is 3. The number of piperidine rings is 1. The molecule has 2 aromatic carbocycles. The summed E-state index contributed by atoms with van der Waals surface area (Å²) in [7, 11) is 0. The van der Waals surface area contributed by atoms with E-state index in [1.165, 1.54) is 18.5 Å². The van der Waals surface area contributed by atoms with Crippen LogP contribution in [0.2, 0.25) is 5.02 Å². The van der Waals surface area contributed by atoms with Gasteiger partial charge in [-0.3, -0.25) is 4.99 Å². The minimum absolute atomic E-state index is 0.0989. The normalized spacial score (nSPS) is 22.9. The van der Waals surface area contributed by atoms with Crippen LogP contribution in [0.4, 0.5) is 11.4 Å². The Morgan fingerprint density at radius 2 is 1.81 bits per heavy atom. The average molecular weight is 381 g/mol. The van der Waals surface area contributed by atoms with Crippen molar-refractivity contribution in [3.63, 3.8) is 0 Å². The van der Waals surface area contributed by atoms with Crippen molar-refractivity contribution < 1.29 is 0 Å². The SMILES string of the molecule is Clc1cccc(CN=C2Nc3ccccc3NC23CCN(C2CC2)CC3)c1. The van der Waals surface area contributed by atoms with E-state index in [0.29, 0.717) is 6.54 Å². The minimum atomic E-state index is -0.0989. The molecule has 1 saturated heterocycles. The van der Waals surface area contributed by atoms with E-state index in [4.69, 9.17) is 16.6 Å². The van der Waals surface area contributed by atoms with E-state index in [-0.39, 0.29) is 5.54 Å². The highest BCUT2D eigenvalue weighted by Crippen LogP contribution is 2.39. The lowest BCUT2D eigenvalue weighted by molar-refractivity contribution is 0.192. The van der Waals surface area contributed by atoms with Gasteiger partial charge >= 0.3 is 0 Å². The first-order chi connectivity index (χ1) is 13.2. The highest BCUT2D eigenvalue weighted by atomic mass is 35.5. The zero-order chi connectivity index (χ0) is 18.3. The Balaban J connectivity index is 1.43. The Morgan fingerprint density at radius 1 is 1.04 bits per heavy atom. The van der Waals surface area contributed by atoms with Gasteiger partial charge in [-0.05, 0) is 55.5 Å². The molecule has 0 radical (unpaired) electrons. The van der Waals surface area contributed by atoms with E-state index >= 15 is 0 Å². The summed E-state index contributed by atoms with van der Waals surface area (Å²) in [5, 5.41) is 8.25. The maximum absolute atomic E-state index is 6.15. The van der Waals surface area contributed by atoms with Crippen molar-refractivity contribution >= 4 is 28.8 Å². The number of hydrogen-bond donors (Lipinski definition) is 2. The maximum Gasteiger partial charge on any atom is 0.127 e. The molecule has 2 heterocycles. The molecule has 4 nitrogen and oxygen atoms in total. The number of benzene rings is 2. The van der Waals surface area contributed by atoms with Gasteiger partial charge < -0.3 is 15.5 Å². The molecule has 0 bridgehead atoms. The summed E-state index contributed by atoms with van der Waals surface area (Å²) >= 11 is 6.15. The molecule has 140 valence electrons. The van der Waals surface area contributed by atoms with Crippen LogP contribution in [0.5, 0.6) is 0 Å². The molecule has 1 aliphatic carbocycles. The highest BCUT2D eigenvalue weighted by Gasteiger charge is 2.44. The molecule has 1 spiro atoms. The van der Waals surface area contributed by atoms with Crippen molar-refractivity contribution in [1.82, 2.24) is 4.90 Å². The Morgan fingerprint density at radius 3 is 2.56 bits per heavy atom. The van der Waals surface area contributed by atoms with Crippen LogP contribution in [0.3, 0.4) is 0 Å². The Labute approximate surface area is 165 Å². The fourth-order valence-electron chi connectivity index (χ4n) is 4.33. The van der Waals surface area contributed by atoms with Gasteiger partial charge in [0.05, 0.1) is 23.5 Å². The molecule has 2 N–H and O–H groups in total. The van der Waals surface area contributed by atoms with Crippen LogP contribution in [-0.2, 0) is 6.54 Å². The number of likely N-dealkylation sites (tertiary alicyclic amines) is 1. The number of rotatable bonds is 3. The average Bonchev–Trinajstić information content (AvgIpc) is 3.52. The number of nitrogens with zero attached hydrogens (tertiary/aromatic N) is 2. The molecule has 0 unspecified atom stereocenters. The fourth-order valence-corrected chi connectivity index (χ4v) is 4.55. The van der Waals surface area contributed by atoms with E-state index in [9.17, 15) is 0 Å². The number of amidine groups is 1. The quantitative estimate of drug-likeness (QED) is 0.805. The van der Waals surface area contributed by atoms with Gasteiger partial charge in [0.1, 0.15) is 5.84 Å². The van der Waals surface area contributed by atoms with E-state index < -0.39 is 0 Å². The molecule has 2 aromatic rings. The molecule has 0 amide bonds. The monoisotopic (exact) mass is 380 g/mol. The molecular formula is C22H25ClN4. The second-order valence-electron chi connectivity index (χ2n) is 7.94. The molecule has 2 aliphatic heterocycles. The van der Waals surface area contributed by atoms with E-state index in [2.05, 4.69) is 45.9 Å². The molecule has 27 heavy (non-hydrogen) atoms. The highest BCUT2D eigenvalue weighted by molar-refractivity contribution is 6.30. The third kappa shape index (κ3) is 3.44. The van der Waals surface area contributed by atoms with Gasteiger partial charge in [-0.15, -0.1) is 0 Å². The lowest BCUT2D eigenvalue weighted by Gasteiger charge is -2.46. The third-order valence-electron chi connectivity index (χ3n) is 6.03. The topological polar surface area (TPSA) is 39.7 Å². The summed E-state index contributed by atoms with van der Waals surface area (Å²) in [6, 6.07) is 17.2. The molecule has 0 atom stereocenters. The minimum Gasteiger partial charge on any atom is -0.371 e. The lowest BCUT2D eigenvalue weighted by atomic mass is 9.83. The molecular weight excluding hydrogens is 356 g/mol. The Hall–Kier alpha value is -2.04. The van der Waals surface area contributed by atoms with Crippen LogP contribution < -0.4 is 10.6 Å². The standard InChI is InChI=1S/C22H25ClN4/c23-17-5-3-4-16(14-17)15-24-21-22(10-12-27(13-11-22)18-8-9-18)26-20-7-2-1-6-19(20)25-21/h1-7,14,18,26H,8-13,15H2,(H,24,25). The second-order valence-corrected chi connectivity index (χ2v) is 8.38. The summed E-state index contributed by atoms with van der Waals surface area (Å²) in [6.45, 7) is 2.91. The first-order valence-electron chi connectivity index (χ1n) is 9.90. The van der Waals surface area contributed by atoms with Crippen LogP contribution >= 0.6 is 11.6 Å². The molecule has 1 saturated carbocycles. The van der Waals surface area contributed by atoms with E-state index in [1.54, 1.807) is 0 Å². The van der Waals surface area contributed by atoms with Crippen molar-refractivity contribution in [1.29, 1.82) is 0 Å². The number of aliphatic imine (C=N–C) groups is 1. The van der Waals surface area contributed by atoms with Crippen molar-refractivity contribution in [2.45, 2.75) is 43.8 Å². The zero-order valence-corrected chi connectivity index (χ0v) is 16.2. The van der Waals surface area contributed by atoms with Crippen molar-refractivity contribution in [3.05, 3.63) is 59.1 Å². The number of halogens is 1. The molecule has 2 fully saturated rings. The van der Waals surface area contributed by atoms with Crippen LogP contribution in [0.1, 0.15) is 31.2 Å². The zero-order valence-electron chi connectivity index (χ0n) is 15.4. The van der Waals surface area contributed by atoms with Gasteiger partial charge in [-0.1, -0.05) is 35.9 Å². The van der Waals surface area contributed by atoms with Crippen molar-refractivity contribution in [3.8, 4) is 0 Å². The van der Waals surface area contributed by atoms with Crippen molar-refractivity contribution in [2.75, 3.05) is 23.7 Å². The summed E-state index contributed by atoms with van der Waals surface area (Å²) < 4.78 is 0. The smallest absolute Gasteiger partial charge is 0.127 e. The van der Waals surface area contributed by atoms with Crippen LogP contribution in [-0.4, -0.2) is 35.4 Å². The first-order valence-corrected chi connectivity index (χ1v) is 10.3. The van der Waals surface area contributed by atoms with Gasteiger partial charge in [-0.25, -0.2) is 0 Å². The second kappa shape index (κ2) is 6.84. The van der Waals surface area contributed by atoms with Gasteiger partial charge in [0.25, 0.3) is 0 Å². The van der Waals surface area contributed by atoms with E-state index in [1.807, 2.05) is 18.2 Å². The van der Waals surface area contributed by atoms with Crippen LogP contribution in [0.25, 0.3) is 0 Å². The summed E-state index contributed by atoms with van der Waals surface area (Å²) in [4.78, 5) is 7.68. The summed E-state index contributed by atoms with van der Waals surface area (Å²) in [5.41, 5.74) is 3.33. The Kier molecular flexibility index (Phi) is 4.33. The fraction of sp³-hybridized carbons (Fsp3) is 0.409. The molecule has 5 heteroatoms. The van der Waals surface area contributed by atoms with Crippen LogP contribution in [0.15, 0.2) is 53.5 Å². The lowest BCUT2D eigenvalue weighted by Crippen LogP contribution is -2.58. The first kappa shape index (κ1) is 17.1. The summed E-state index contributed by atoms with van der Waals surface area (Å²) in [5.74, 6) is 1.07. The predicted molar refractivity (Wildman–Crippen MR) is 113 cm³/mol. The van der Waals surface area contributed by atoms with Gasteiger partial charge in [-0.2, -0.15) is 0 Å². The molecule has 3 aliphatic rings. The number of fused-ring (bicyclic) bond motifs is 1. The third-order valence-corrected chi connectivity index (χ3v) is 6.27. The summed E-state index contributed by atoms with van der Waals surface area (Å²) in [6.07, 6.45) is 4.91. The number of anilines is 2. The molecule has 5 rings (SSSR count). The van der Waals surface area contributed by atoms with Gasteiger partial charge in [0, 0.05) is 24.2 Å². The van der Waals surface area contributed by atoms with Gasteiger partial charge in [0.15, 0.2) is 0 Å². The van der Waals surface area contributed by atoms with E-state index in [0.717, 1.165) is 54.1 Å². The number of para-hydroxylation sites is 2. The Bertz CT molecular complexity index is 866. The van der Waals surface area contributed by atoms with Crippen LogP contribution in [0, 0.1) is 0 Å².